The third-order valence-corrected chi connectivity index (χ3v) is 8.25. The first-order valence-electron chi connectivity index (χ1n) is 5.67. The average molecular weight is 260 g/mol. The van der Waals surface area contributed by atoms with Crippen LogP contribution in [0, 0.1) is 11.3 Å². The smallest absolute Gasteiger partial charge is 0.192 e. The van der Waals surface area contributed by atoms with Gasteiger partial charge in [0, 0.05) is 25.3 Å². The molecule has 0 aromatic rings. The summed E-state index contributed by atoms with van der Waals surface area (Å²) in [6.45, 7) is 12.9. The van der Waals surface area contributed by atoms with Gasteiger partial charge in [-0.1, -0.05) is 32.7 Å². The van der Waals surface area contributed by atoms with Crippen molar-refractivity contribution in [1.82, 2.24) is 4.72 Å². The van der Waals surface area contributed by atoms with Crippen LogP contribution < -0.4 is 4.72 Å². The fraction of sp³-hybridized carbons (Fsp3) is 0.909. The number of rotatable bonds is 7. The molecule has 0 fully saturated rings. The van der Waals surface area contributed by atoms with Crippen molar-refractivity contribution in [1.29, 1.82) is 5.26 Å². The highest BCUT2D eigenvalue weighted by Crippen LogP contribution is 2.36. The van der Waals surface area contributed by atoms with E-state index in [-0.39, 0.29) is 5.04 Å². The van der Waals surface area contributed by atoms with Gasteiger partial charge in [0.25, 0.3) is 0 Å². The van der Waals surface area contributed by atoms with E-state index in [9.17, 15) is 0 Å². The summed E-state index contributed by atoms with van der Waals surface area (Å²) in [6.07, 6.45) is 0.598. The summed E-state index contributed by atoms with van der Waals surface area (Å²) >= 11 is 1.60. The highest BCUT2D eigenvalue weighted by atomic mass is 32.2. The highest BCUT2D eigenvalue weighted by molar-refractivity contribution is 7.97. The quantitative estimate of drug-likeness (QED) is 0.434. The van der Waals surface area contributed by atoms with Gasteiger partial charge in [0.2, 0.25) is 0 Å². The van der Waals surface area contributed by atoms with Gasteiger partial charge in [-0.2, -0.15) is 5.26 Å². The van der Waals surface area contributed by atoms with Crippen LogP contribution in [-0.4, -0.2) is 27.2 Å². The molecule has 0 spiro atoms. The van der Waals surface area contributed by atoms with Crippen molar-refractivity contribution in [3.63, 3.8) is 0 Å². The van der Waals surface area contributed by atoms with Crippen LogP contribution in [0.25, 0.3) is 0 Å². The molecule has 0 amide bonds. The lowest BCUT2D eigenvalue weighted by Gasteiger charge is -2.36. The van der Waals surface area contributed by atoms with Crippen LogP contribution in [0.5, 0.6) is 0 Å². The largest absolute Gasteiger partial charge is 0.416 e. The standard InChI is InChI=1S/C11H24N2OSSi/c1-11(2,3)16(4,5)14-9-8-13-15-10-6-7-12/h13H,6,8-10H2,1-5H3. The minimum Gasteiger partial charge on any atom is -0.416 e. The summed E-state index contributed by atoms with van der Waals surface area (Å²) in [5, 5.41) is 8.63. The van der Waals surface area contributed by atoms with E-state index in [2.05, 4.69) is 44.7 Å². The molecule has 0 unspecified atom stereocenters. The Morgan fingerprint density at radius 3 is 2.50 bits per heavy atom. The fourth-order valence-corrected chi connectivity index (χ4v) is 2.42. The maximum Gasteiger partial charge on any atom is 0.192 e. The van der Waals surface area contributed by atoms with E-state index in [4.69, 9.17) is 9.69 Å². The first-order chi connectivity index (χ1) is 7.31. The molecule has 0 saturated heterocycles. The van der Waals surface area contributed by atoms with Crippen LogP contribution in [0.2, 0.25) is 18.1 Å². The number of hydrogen-bond donors (Lipinski definition) is 1. The number of nitrogens with one attached hydrogen (secondary N) is 1. The van der Waals surface area contributed by atoms with Crippen molar-refractivity contribution in [3.05, 3.63) is 0 Å². The molecule has 0 aromatic carbocycles. The molecule has 0 saturated carbocycles. The molecule has 5 heteroatoms. The molecule has 0 aliphatic rings. The maximum absolute atomic E-state index is 8.35. The molecule has 0 radical (unpaired) electrons. The molecule has 0 aliphatic heterocycles. The van der Waals surface area contributed by atoms with Gasteiger partial charge in [-0.3, -0.25) is 4.72 Å². The van der Waals surface area contributed by atoms with Gasteiger partial charge in [-0.15, -0.1) is 0 Å². The minimum atomic E-state index is -1.58. The first kappa shape index (κ1) is 16.0. The van der Waals surface area contributed by atoms with Crippen LogP contribution in [-0.2, 0) is 4.43 Å². The maximum atomic E-state index is 8.35. The van der Waals surface area contributed by atoms with Crippen molar-refractivity contribution in [2.75, 3.05) is 18.9 Å². The van der Waals surface area contributed by atoms with Crippen molar-refractivity contribution < 1.29 is 4.43 Å². The van der Waals surface area contributed by atoms with Gasteiger partial charge >= 0.3 is 0 Å². The second kappa shape index (κ2) is 7.33. The Bertz CT molecular complexity index is 233. The zero-order valence-electron chi connectivity index (χ0n) is 11.1. The van der Waals surface area contributed by atoms with Crippen molar-refractivity contribution >= 4 is 20.3 Å². The predicted octanol–water partition coefficient (Wildman–Crippen LogP) is 3.16. The Labute approximate surface area is 105 Å². The fourth-order valence-electron chi connectivity index (χ4n) is 0.805. The summed E-state index contributed by atoms with van der Waals surface area (Å²) in [4.78, 5) is 0. The summed E-state index contributed by atoms with van der Waals surface area (Å²) in [5.41, 5.74) is 0. The van der Waals surface area contributed by atoms with E-state index in [0.717, 1.165) is 18.9 Å². The topological polar surface area (TPSA) is 45.0 Å². The van der Waals surface area contributed by atoms with Crippen molar-refractivity contribution in [2.24, 2.45) is 0 Å². The Morgan fingerprint density at radius 2 is 2.00 bits per heavy atom. The van der Waals surface area contributed by atoms with Gasteiger partial charge in [0.1, 0.15) is 0 Å². The second-order valence-corrected chi connectivity index (χ2v) is 11.1. The van der Waals surface area contributed by atoms with Crippen LogP contribution in [0.3, 0.4) is 0 Å². The lowest BCUT2D eigenvalue weighted by atomic mass is 10.2. The highest BCUT2D eigenvalue weighted by Gasteiger charge is 2.36. The third kappa shape index (κ3) is 6.54. The van der Waals surface area contributed by atoms with Crippen LogP contribution in [0.15, 0.2) is 0 Å². The molecule has 0 atom stereocenters. The summed E-state index contributed by atoms with van der Waals surface area (Å²) in [6, 6.07) is 2.12. The normalized spacial score (nSPS) is 12.5. The number of hydrogen-bond acceptors (Lipinski definition) is 4. The van der Waals surface area contributed by atoms with Gasteiger partial charge in [0.15, 0.2) is 8.32 Å². The van der Waals surface area contributed by atoms with Gasteiger partial charge in [-0.25, -0.2) is 0 Å². The van der Waals surface area contributed by atoms with Crippen molar-refractivity contribution in [2.45, 2.75) is 45.3 Å². The van der Waals surface area contributed by atoms with E-state index < -0.39 is 8.32 Å². The molecule has 94 valence electrons. The zero-order chi connectivity index (χ0) is 12.7. The molecule has 0 aromatic heterocycles. The SMILES string of the molecule is CC(C)(C)[Si](C)(C)OCCNSCCC#N. The van der Waals surface area contributed by atoms with Crippen LogP contribution in [0.1, 0.15) is 27.2 Å². The monoisotopic (exact) mass is 260 g/mol. The molecule has 1 N–H and O–H groups in total. The number of nitrogens with zero attached hydrogens (tertiary/aromatic N) is 1. The molecule has 0 aliphatic carbocycles. The predicted molar refractivity (Wildman–Crippen MR) is 73.8 cm³/mol. The van der Waals surface area contributed by atoms with E-state index in [1.54, 1.807) is 11.9 Å². The van der Waals surface area contributed by atoms with Crippen LogP contribution in [0.4, 0.5) is 0 Å². The van der Waals surface area contributed by atoms with Gasteiger partial charge < -0.3 is 4.43 Å². The van der Waals surface area contributed by atoms with Gasteiger partial charge in [0.05, 0.1) is 6.07 Å². The number of nitriles is 1. The second-order valence-electron chi connectivity index (χ2n) is 5.26. The Morgan fingerprint density at radius 1 is 1.38 bits per heavy atom. The third-order valence-electron chi connectivity index (χ3n) is 2.89. The first-order valence-corrected chi connectivity index (χ1v) is 9.56. The Balaban J connectivity index is 3.56. The van der Waals surface area contributed by atoms with E-state index in [1.807, 2.05) is 0 Å². The Hall–Kier alpha value is -0.0231. The molecular formula is C11H24N2OSSi. The molecular weight excluding hydrogens is 236 g/mol. The molecule has 0 heterocycles. The Kier molecular flexibility index (Phi) is 7.32. The summed E-state index contributed by atoms with van der Waals surface area (Å²) in [5.74, 6) is 0.844. The summed E-state index contributed by atoms with van der Waals surface area (Å²) in [7, 11) is -1.58. The molecule has 3 nitrogen and oxygen atoms in total. The van der Waals surface area contributed by atoms with Crippen LogP contribution >= 0.6 is 11.9 Å². The summed E-state index contributed by atoms with van der Waals surface area (Å²) < 4.78 is 9.21. The molecule has 0 bridgehead atoms. The lowest BCUT2D eigenvalue weighted by Crippen LogP contribution is -2.42. The van der Waals surface area contributed by atoms with E-state index in [1.165, 1.54) is 0 Å². The molecule has 16 heavy (non-hydrogen) atoms. The van der Waals surface area contributed by atoms with E-state index >= 15 is 0 Å². The zero-order valence-corrected chi connectivity index (χ0v) is 12.9. The minimum absolute atomic E-state index is 0.279. The van der Waals surface area contributed by atoms with Crippen molar-refractivity contribution in [3.8, 4) is 6.07 Å². The van der Waals surface area contributed by atoms with Gasteiger partial charge in [-0.05, 0) is 18.1 Å². The average Bonchev–Trinajstić information content (AvgIpc) is 2.14. The molecule has 0 rings (SSSR count). The lowest BCUT2D eigenvalue weighted by molar-refractivity contribution is 0.294. The van der Waals surface area contributed by atoms with E-state index in [0.29, 0.717) is 6.42 Å².